The Balaban J connectivity index is 2.62. The number of azo groups is 1. The van der Waals surface area contributed by atoms with Gasteiger partial charge in [0, 0.05) is 30.2 Å². The lowest BCUT2D eigenvalue weighted by Crippen LogP contribution is -2.32. The van der Waals surface area contributed by atoms with Gasteiger partial charge in [-0.25, -0.2) is 0 Å². The first-order valence-electron chi connectivity index (χ1n) is 13.2. The lowest BCUT2D eigenvalue weighted by molar-refractivity contribution is -0.0371. The SMILES string of the molecule is CC(O)COC(C)COCCN(CCOCC(C)OCC(C)O)c1ccc(N=NCC(C)SC=CN)cc1. The van der Waals surface area contributed by atoms with Crippen LogP contribution in [0.2, 0.25) is 0 Å². The molecule has 0 aliphatic heterocycles. The molecule has 38 heavy (non-hydrogen) atoms. The van der Waals surface area contributed by atoms with Crippen LogP contribution in [0.1, 0.15) is 34.6 Å². The molecule has 0 heterocycles. The maximum atomic E-state index is 9.36. The number of ether oxygens (including phenoxy) is 4. The van der Waals surface area contributed by atoms with E-state index in [1.54, 1.807) is 25.6 Å². The van der Waals surface area contributed by atoms with Crippen LogP contribution in [0, 0.1) is 0 Å². The lowest BCUT2D eigenvalue weighted by Gasteiger charge is -2.25. The minimum Gasteiger partial charge on any atom is -0.404 e. The Morgan fingerprint density at radius 2 is 1.39 bits per heavy atom. The Morgan fingerprint density at radius 3 is 1.87 bits per heavy atom. The molecule has 0 bridgehead atoms. The quantitative estimate of drug-likeness (QED) is 0.144. The second-order valence-electron chi connectivity index (χ2n) is 9.34. The summed E-state index contributed by atoms with van der Waals surface area (Å²) in [5, 5.41) is 29.5. The summed E-state index contributed by atoms with van der Waals surface area (Å²) in [6, 6.07) is 7.94. The van der Waals surface area contributed by atoms with E-state index in [9.17, 15) is 10.2 Å². The van der Waals surface area contributed by atoms with E-state index in [-0.39, 0.29) is 12.2 Å². The highest BCUT2D eigenvalue weighted by Crippen LogP contribution is 2.21. The number of aliphatic hydroxyl groups is 2. The van der Waals surface area contributed by atoms with Gasteiger partial charge in [-0.3, -0.25) is 0 Å². The zero-order valence-electron chi connectivity index (χ0n) is 23.6. The summed E-state index contributed by atoms with van der Waals surface area (Å²) < 4.78 is 22.7. The average molecular weight is 557 g/mol. The molecule has 11 heteroatoms. The van der Waals surface area contributed by atoms with Gasteiger partial charge in [0.25, 0.3) is 0 Å². The fraction of sp³-hybridized carbons (Fsp3) is 0.704. The largest absolute Gasteiger partial charge is 0.404 e. The van der Waals surface area contributed by atoms with Crippen molar-refractivity contribution in [2.24, 2.45) is 16.0 Å². The molecule has 0 saturated heterocycles. The lowest BCUT2D eigenvalue weighted by atomic mass is 10.2. The predicted molar refractivity (Wildman–Crippen MR) is 154 cm³/mol. The van der Waals surface area contributed by atoms with E-state index < -0.39 is 12.2 Å². The van der Waals surface area contributed by atoms with Crippen molar-refractivity contribution in [1.82, 2.24) is 0 Å². The number of hydrogen-bond acceptors (Lipinski definition) is 11. The zero-order chi connectivity index (χ0) is 28.2. The van der Waals surface area contributed by atoms with Crippen LogP contribution in [0.5, 0.6) is 0 Å². The highest BCUT2D eigenvalue weighted by atomic mass is 32.2. The Morgan fingerprint density at radius 1 is 0.868 bits per heavy atom. The molecule has 10 nitrogen and oxygen atoms in total. The Hall–Kier alpha value is -1.73. The summed E-state index contributed by atoms with van der Waals surface area (Å²) in [6.07, 6.45) is 0.345. The van der Waals surface area contributed by atoms with Gasteiger partial charge in [0.05, 0.1) is 76.3 Å². The third-order valence-corrected chi connectivity index (χ3v) is 6.02. The van der Waals surface area contributed by atoms with Gasteiger partial charge in [0.1, 0.15) is 0 Å². The minimum absolute atomic E-state index is 0.0957. The summed E-state index contributed by atoms with van der Waals surface area (Å²) in [4.78, 5) is 2.20. The highest BCUT2D eigenvalue weighted by Gasteiger charge is 2.10. The van der Waals surface area contributed by atoms with Gasteiger partial charge in [-0.05, 0) is 57.4 Å². The van der Waals surface area contributed by atoms with E-state index in [0.717, 1.165) is 11.4 Å². The molecule has 1 aromatic carbocycles. The number of nitrogens with two attached hydrogens (primary N) is 1. The molecule has 1 aromatic rings. The fourth-order valence-corrected chi connectivity index (χ4v) is 3.62. The topological polar surface area (TPSA) is 131 Å². The number of rotatable bonds is 22. The van der Waals surface area contributed by atoms with Crippen LogP contribution in [-0.2, 0) is 18.9 Å². The molecular formula is C27H48N4O6S. The maximum Gasteiger partial charge on any atom is 0.0854 e. The first-order valence-corrected chi connectivity index (χ1v) is 14.1. The van der Waals surface area contributed by atoms with E-state index in [2.05, 4.69) is 22.1 Å². The molecule has 0 aliphatic rings. The number of benzene rings is 1. The fourth-order valence-electron chi connectivity index (χ4n) is 3.11. The third kappa shape index (κ3) is 17.7. The van der Waals surface area contributed by atoms with E-state index in [1.165, 1.54) is 6.20 Å². The molecule has 0 aliphatic carbocycles. The molecule has 4 N–H and O–H groups in total. The minimum atomic E-state index is -0.494. The van der Waals surface area contributed by atoms with Crippen molar-refractivity contribution in [3.05, 3.63) is 35.9 Å². The molecule has 218 valence electrons. The second kappa shape index (κ2) is 21.1. The van der Waals surface area contributed by atoms with Gasteiger partial charge in [-0.1, -0.05) is 6.92 Å². The van der Waals surface area contributed by atoms with Crippen LogP contribution in [0.15, 0.2) is 46.1 Å². The van der Waals surface area contributed by atoms with Crippen molar-refractivity contribution in [2.75, 3.05) is 64.2 Å². The van der Waals surface area contributed by atoms with Crippen molar-refractivity contribution in [3.63, 3.8) is 0 Å². The summed E-state index contributed by atoms with van der Waals surface area (Å²) in [5.74, 6) is 0. The van der Waals surface area contributed by atoms with Crippen molar-refractivity contribution >= 4 is 23.1 Å². The van der Waals surface area contributed by atoms with E-state index in [1.807, 2.05) is 43.5 Å². The van der Waals surface area contributed by atoms with Crippen LogP contribution < -0.4 is 10.6 Å². The summed E-state index contributed by atoms with van der Waals surface area (Å²) in [6.45, 7) is 13.8. The van der Waals surface area contributed by atoms with Gasteiger partial charge in [0.15, 0.2) is 0 Å². The van der Waals surface area contributed by atoms with Crippen molar-refractivity contribution in [2.45, 2.75) is 64.3 Å². The summed E-state index contributed by atoms with van der Waals surface area (Å²) in [5.41, 5.74) is 7.20. The molecule has 0 spiro atoms. The van der Waals surface area contributed by atoms with Gasteiger partial charge >= 0.3 is 0 Å². The molecule has 5 unspecified atom stereocenters. The predicted octanol–water partition coefficient (Wildman–Crippen LogP) is 3.73. The zero-order valence-corrected chi connectivity index (χ0v) is 24.4. The van der Waals surface area contributed by atoms with Gasteiger partial charge < -0.3 is 39.8 Å². The molecule has 0 saturated carbocycles. The molecule has 0 amide bonds. The van der Waals surface area contributed by atoms with Gasteiger partial charge in [-0.2, -0.15) is 10.2 Å². The van der Waals surface area contributed by atoms with E-state index in [0.29, 0.717) is 64.5 Å². The molecule has 5 atom stereocenters. The monoisotopic (exact) mass is 556 g/mol. The number of aliphatic hydroxyl groups excluding tert-OH is 2. The highest BCUT2D eigenvalue weighted by molar-refractivity contribution is 8.02. The van der Waals surface area contributed by atoms with Crippen LogP contribution in [0.25, 0.3) is 0 Å². The van der Waals surface area contributed by atoms with Crippen molar-refractivity contribution in [3.8, 4) is 0 Å². The smallest absolute Gasteiger partial charge is 0.0854 e. The van der Waals surface area contributed by atoms with E-state index in [4.69, 9.17) is 24.7 Å². The first kappa shape index (κ1) is 34.3. The number of hydrogen-bond donors (Lipinski definition) is 3. The third-order valence-electron chi connectivity index (χ3n) is 5.09. The van der Waals surface area contributed by atoms with Crippen molar-refractivity contribution in [1.29, 1.82) is 0 Å². The standard InChI is InChI=1S/C27H48N4O6S/c1-21(32)17-36-23(3)19-34-13-11-31(12-14-35-20-24(4)37-18-22(2)33)27-8-6-26(7-9-27)30-29-16-25(5)38-15-10-28/h6-10,15,21-25,32-33H,11-14,16-20,28H2,1-5H3. The normalized spacial score (nSPS) is 16.1. The first-order chi connectivity index (χ1) is 18.2. The molecule has 1 rings (SSSR count). The molecule has 0 aromatic heterocycles. The Kier molecular flexibility index (Phi) is 19.1. The van der Waals surface area contributed by atoms with Crippen LogP contribution >= 0.6 is 11.8 Å². The average Bonchev–Trinajstić information content (AvgIpc) is 2.89. The number of nitrogens with zero attached hydrogens (tertiary/aromatic N) is 3. The second-order valence-corrected chi connectivity index (χ2v) is 10.7. The number of anilines is 1. The van der Waals surface area contributed by atoms with E-state index >= 15 is 0 Å². The van der Waals surface area contributed by atoms with Gasteiger partial charge in [-0.15, -0.1) is 11.8 Å². The Labute approximate surface area is 232 Å². The van der Waals surface area contributed by atoms with Crippen molar-refractivity contribution < 1.29 is 29.2 Å². The van der Waals surface area contributed by atoms with Crippen LogP contribution in [0.3, 0.4) is 0 Å². The number of thioether (sulfide) groups is 1. The molecule has 0 fully saturated rings. The van der Waals surface area contributed by atoms with Crippen LogP contribution in [-0.4, -0.2) is 99.2 Å². The van der Waals surface area contributed by atoms with Crippen LogP contribution in [0.4, 0.5) is 11.4 Å². The maximum absolute atomic E-state index is 9.36. The van der Waals surface area contributed by atoms with Gasteiger partial charge in [0.2, 0.25) is 0 Å². The summed E-state index contributed by atoms with van der Waals surface area (Å²) >= 11 is 1.62. The Bertz CT molecular complexity index is 740. The molecular weight excluding hydrogens is 508 g/mol. The summed E-state index contributed by atoms with van der Waals surface area (Å²) in [7, 11) is 0. The molecule has 0 radical (unpaired) electrons.